The van der Waals surface area contributed by atoms with Crippen LogP contribution in [0.25, 0.3) is 11.0 Å². The van der Waals surface area contributed by atoms with Crippen molar-refractivity contribution in [1.29, 1.82) is 0 Å². The molecule has 0 aliphatic carbocycles. The maximum absolute atomic E-state index is 13.7. The van der Waals surface area contributed by atoms with E-state index in [4.69, 9.17) is 9.15 Å². The van der Waals surface area contributed by atoms with Crippen molar-refractivity contribution >= 4 is 22.8 Å². The average Bonchev–Trinajstić information content (AvgIpc) is 3.13. The molecule has 0 spiro atoms. The lowest BCUT2D eigenvalue weighted by molar-refractivity contribution is 0.0969. The lowest BCUT2D eigenvalue weighted by atomic mass is 9.98. The second-order valence-corrected chi connectivity index (χ2v) is 8.07. The molecule has 1 amide bonds. The highest BCUT2D eigenvalue weighted by molar-refractivity contribution is 6.09. The largest absolute Gasteiger partial charge is 0.494 e. The quantitative estimate of drug-likeness (QED) is 0.399. The van der Waals surface area contributed by atoms with Gasteiger partial charge in [0.15, 0.2) is 5.43 Å². The highest BCUT2D eigenvalue weighted by Crippen LogP contribution is 2.40. The number of benzene rings is 2. The number of hydrogen-bond acceptors (Lipinski definition) is 6. The number of nitrogens with zero attached hydrogens (tertiary/aromatic N) is 3. The molecule has 4 aromatic rings. The molecule has 0 saturated carbocycles. The number of fused-ring (bicyclic) bond motifs is 2. The van der Waals surface area contributed by atoms with Crippen molar-refractivity contribution in [2.75, 3.05) is 11.5 Å². The topological polar surface area (TPSA) is 85.5 Å². The average molecular weight is 441 g/mol. The molecule has 0 saturated heterocycles. The van der Waals surface area contributed by atoms with Crippen molar-refractivity contribution in [3.05, 3.63) is 93.6 Å². The third kappa shape index (κ3) is 3.65. The second kappa shape index (κ2) is 8.50. The van der Waals surface area contributed by atoms with E-state index in [1.54, 1.807) is 30.6 Å². The SMILES string of the molecule is CCCCOc1cccc(C2c3c(oc4ccc(C)cc4c3=O)C(=O)N2c2ncccn2)c1. The number of unbranched alkanes of at least 4 members (excludes halogenated alkanes) is 1. The summed E-state index contributed by atoms with van der Waals surface area (Å²) >= 11 is 0. The number of ether oxygens (including phenoxy) is 1. The molecule has 1 aliphatic heterocycles. The third-order valence-electron chi connectivity index (χ3n) is 5.73. The van der Waals surface area contributed by atoms with Crippen LogP contribution in [0.1, 0.15) is 53.1 Å². The third-order valence-corrected chi connectivity index (χ3v) is 5.73. The highest BCUT2D eigenvalue weighted by Gasteiger charge is 2.45. The van der Waals surface area contributed by atoms with E-state index in [2.05, 4.69) is 16.9 Å². The lowest BCUT2D eigenvalue weighted by Gasteiger charge is -2.23. The maximum Gasteiger partial charge on any atom is 0.297 e. The van der Waals surface area contributed by atoms with E-state index >= 15 is 0 Å². The monoisotopic (exact) mass is 441 g/mol. The van der Waals surface area contributed by atoms with Crippen LogP contribution in [-0.4, -0.2) is 22.5 Å². The predicted octanol–water partition coefficient (Wildman–Crippen LogP) is 4.82. The first-order valence-electron chi connectivity index (χ1n) is 11.0. The zero-order chi connectivity index (χ0) is 22.9. The number of rotatable bonds is 6. The number of carbonyl (C=O) groups is 1. The summed E-state index contributed by atoms with van der Waals surface area (Å²) in [7, 11) is 0. The number of carbonyl (C=O) groups excluding carboxylic acids is 1. The van der Waals surface area contributed by atoms with Crippen LogP contribution in [0.2, 0.25) is 0 Å². The van der Waals surface area contributed by atoms with Crippen LogP contribution in [-0.2, 0) is 0 Å². The van der Waals surface area contributed by atoms with Crippen molar-refractivity contribution in [2.24, 2.45) is 0 Å². The first-order valence-corrected chi connectivity index (χ1v) is 11.0. The van der Waals surface area contributed by atoms with Gasteiger partial charge in [-0.15, -0.1) is 0 Å². The van der Waals surface area contributed by atoms with Crippen LogP contribution < -0.4 is 15.1 Å². The first kappa shape index (κ1) is 20.9. The van der Waals surface area contributed by atoms with E-state index in [1.807, 2.05) is 37.3 Å². The number of aromatic nitrogens is 2. The van der Waals surface area contributed by atoms with Gasteiger partial charge in [-0.25, -0.2) is 9.97 Å². The van der Waals surface area contributed by atoms with Gasteiger partial charge in [-0.05, 0) is 49.2 Å². The van der Waals surface area contributed by atoms with Gasteiger partial charge in [0.2, 0.25) is 11.7 Å². The molecular formula is C26H23N3O4. The molecule has 1 atom stereocenters. The summed E-state index contributed by atoms with van der Waals surface area (Å²) in [5, 5.41) is 0.442. The van der Waals surface area contributed by atoms with Crippen molar-refractivity contribution in [3.8, 4) is 5.75 Å². The Hall–Kier alpha value is -4.00. The molecule has 7 nitrogen and oxygen atoms in total. The summed E-state index contributed by atoms with van der Waals surface area (Å²) in [6.07, 6.45) is 5.09. The molecule has 2 aromatic heterocycles. The smallest absolute Gasteiger partial charge is 0.297 e. The van der Waals surface area contributed by atoms with Gasteiger partial charge in [0.05, 0.1) is 23.6 Å². The molecule has 3 heterocycles. The molecule has 0 N–H and O–H groups in total. The van der Waals surface area contributed by atoms with Crippen LogP contribution in [0.5, 0.6) is 5.75 Å². The Morgan fingerprint density at radius 2 is 1.88 bits per heavy atom. The molecule has 1 aliphatic rings. The van der Waals surface area contributed by atoms with Gasteiger partial charge in [0.25, 0.3) is 5.91 Å². The van der Waals surface area contributed by atoms with E-state index < -0.39 is 11.9 Å². The maximum atomic E-state index is 13.7. The van der Waals surface area contributed by atoms with E-state index in [9.17, 15) is 9.59 Å². The molecule has 33 heavy (non-hydrogen) atoms. The number of aryl methyl sites for hydroxylation is 1. The normalized spacial score (nSPS) is 15.2. The van der Waals surface area contributed by atoms with E-state index in [0.717, 1.165) is 24.0 Å². The Morgan fingerprint density at radius 3 is 2.67 bits per heavy atom. The van der Waals surface area contributed by atoms with Crippen molar-refractivity contribution in [2.45, 2.75) is 32.7 Å². The minimum absolute atomic E-state index is 0.0195. The van der Waals surface area contributed by atoms with Crippen LogP contribution in [0.3, 0.4) is 0 Å². The van der Waals surface area contributed by atoms with E-state index in [-0.39, 0.29) is 22.7 Å². The van der Waals surface area contributed by atoms with Gasteiger partial charge in [0, 0.05) is 12.4 Å². The minimum Gasteiger partial charge on any atom is -0.494 e. The number of amides is 1. The molecule has 0 bridgehead atoms. The minimum atomic E-state index is -0.731. The second-order valence-electron chi connectivity index (χ2n) is 8.07. The van der Waals surface area contributed by atoms with Gasteiger partial charge < -0.3 is 9.15 Å². The molecule has 2 aromatic carbocycles. The standard InChI is InChI=1S/C26H23N3O4/c1-3-4-13-32-18-8-5-7-17(15-18)22-21-23(30)19-14-16(2)9-10-20(19)33-24(21)25(31)29(22)26-27-11-6-12-28-26/h5-12,14-15,22H,3-4,13H2,1-2H3. The lowest BCUT2D eigenvalue weighted by Crippen LogP contribution is -2.31. The number of hydrogen-bond donors (Lipinski definition) is 0. The Balaban J connectivity index is 1.71. The van der Waals surface area contributed by atoms with Gasteiger partial charge in [-0.2, -0.15) is 0 Å². The van der Waals surface area contributed by atoms with Crippen molar-refractivity contribution < 1.29 is 13.9 Å². The van der Waals surface area contributed by atoms with Crippen molar-refractivity contribution in [1.82, 2.24) is 9.97 Å². The predicted molar refractivity (Wildman–Crippen MR) is 125 cm³/mol. The first-order chi connectivity index (χ1) is 16.1. The zero-order valence-electron chi connectivity index (χ0n) is 18.4. The van der Waals surface area contributed by atoms with Gasteiger partial charge in [-0.3, -0.25) is 14.5 Å². The Labute approximate surface area is 190 Å². The van der Waals surface area contributed by atoms with Gasteiger partial charge in [0.1, 0.15) is 11.3 Å². The fourth-order valence-electron chi connectivity index (χ4n) is 4.13. The van der Waals surface area contributed by atoms with Crippen LogP contribution >= 0.6 is 0 Å². The summed E-state index contributed by atoms with van der Waals surface area (Å²) in [6.45, 7) is 4.61. The summed E-state index contributed by atoms with van der Waals surface area (Å²) in [5.74, 6) is 0.455. The van der Waals surface area contributed by atoms with E-state index in [0.29, 0.717) is 23.3 Å². The summed E-state index contributed by atoms with van der Waals surface area (Å²) in [6, 6.07) is 13.8. The van der Waals surface area contributed by atoms with Crippen LogP contribution in [0.4, 0.5) is 5.95 Å². The van der Waals surface area contributed by atoms with Crippen LogP contribution in [0, 0.1) is 6.92 Å². The molecular weight excluding hydrogens is 418 g/mol. The number of anilines is 1. The molecule has 166 valence electrons. The Bertz CT molecular complexity index is 1400. The molecule has 1 unspecified atom stereocenters. The van der Waals surface area contributed by atoms with Gasteiger partial charge >= 0.3 is 0 Å². The molecule has 0 radical (unpaired) electrons. The molecule has 0 fully saturated rings. The van der Waals surface area contributed by atoms with Crippen LogP contribution in [0.15, 0.2) is 70.1 Å². The Morgan fingerprint density at radius 1 is 1.06 bits per heavy atom. The highest BCUT2D eigenvalue weighted by atomic mass is 16.5. The summed E-state index contributed by atoms with van der Waals surface area (Å²) < 4.78 is 11.9. The molecule has 5 rings (SSSR count). The van der Waals surface area contributed by atoms with Gasteiger partial charge in [-0.1, -0.05) is 37.1 Å². The van der Waals surface area contributed by atoms with Crippen molar-refractivity contribution in [3.63, 3.8) is 0 Å². The Kier molecular flexibility index (Phi) is 5.38. The fraction of sp³-hybridized carbons (Fsp3) is 0.231. The van der Waals surface area contributed by atoms with E-state index in [1.165, 1.54) is 4.90 Å². The summed E-state index contributed by atoms with van der Waals surface area (Å²) in [5.41, 5.74) is 2.09. The molecule has 7 heteroatoms. The summed E-state index contributed by atoms with van der Waals surface area (Å²) in [4.78, 5) is 37.2. The fourth-order valence-corrected chi connectivity index (χ4v) is 4.13. The zero-order valence-corrected chi connectivity index (χ0v) is 18.4.